The van der Waals surface area contributed by atoms with E-state index in [-0.39, 0.29) is 6.03 Å². The molecule has 1 heterocycles. The van der Waals surface area contributed by atoms with Gasteiger partial charge in [0.05, 0.1) is 0 Å². The minimum atomic E-state index is -0.213. The van der Waals surface area contributed by atoms with Gasteiger partial charge in [-0.05, 0) is 54.3 Å². The number of rotatable bonds is 4. The van der Waals surface area contributed by atoms with Crippen LogP contribution < -0.4 is 16.0 Å². The van der Waals surface area contributed by atoms with Crippen molar-refractivity contribution in [2.45, 2.75) is 18.9 Å². The number of hydrogen-bond acceptors (Lipinski definition) is 2. The Morgan fingerprint density at radius 1 is 1.13 bits per heavy atom. The number of anilines is 1. The van der Waals surface area contributed by atoms with Crippen molar-refractivity contribution in [1.82, 2.24) is 10.6 Å². The van der Waals surface area contributed by atoms with Crippen LogP contribution in [-0.4, -0.2) is 19.1 Å². The van der Waals surface area contributed by atoms with Gasteiger partial charge in [0.15, 0.2) is 0 Å². The summed E-state index contributed by atoms with van der Waals surface area (Å²) in [4.78, 5) is 11.9. The molecule has 4 nitrogen and oxygen atoms in total. The highest BCUT2D eigenvalue weighted by atomic mass is 35.5. The number of hydrogen-bond donors (Lipinski definition) is 3. The van der Waals surface area contributed by atoms with Gasteiger partial charge in [0, 0.05) is 23.8 Å². The first kappa shape index (κ1) is 15.8. The fourth-order valence-corrected chi connectivity index (χ4v) is 2.86. The summed E-state index contributed by atoms with van der Waals surface area (Å²) >= 11 is 5.84. The third-order valence-corrected chi connectivity index (χ3v) is 4.32. The second kappa shape index (κ2) is 7.49. The van der Waals surface area contributed by atoms with Gasteiger partial charge >= 0.3 is 6.03 Å². The quantitative estimate of drug-likeness (QED) is 0.800. The third kappa shape index (κ3) is 4.47. The molecule has 3 rings (SSSR count). The lowest BCUT2D eigenvalue weighted by atomic mass is 9.98. The number of benzene rings is 2. The molecule has 5 heteroatoms. The van der Waals surface area contributed by atoms with Crippen molar-refractivity contribution in [3.05, 3.63) is 64.7 Å². The van der Waals surface area contributed by atoms with Gasteiger partial charge in [-0.2, -0.15) is 0 Å². The highest BCUT2D eigenvalue weighted by molar-refractivity contribution is 6.30. The summed E-state index contributed by atoms with van der Waals surface area (Å²) < 4.78 is 0. The minimum Gasteiger partial charge on any atom is -0.334 e. The van der Waals surface area contributed by atoms with Gasteiger partial charge in [-0.25, -0.2) is 4.79 Å². The maximum Gasteiger partial charge on any atom is 0.319 e. The molecule has 1 aliphatic rings. The normalized spacial score (nSPS) is 17.0. The molecule has 2 aromatic rings. The summed E-state index contributed by atoms with van der Waals surface area (Å²) in [5.74, 6) is 0.586. The van der Waals surface area contributed by atoms with E-state index in [0.717, 1.165) is 24.3 Å². The first-order chi connectivity index (χ1) is 11.2. The van der Waals surface area contributed by atoms with Gasteiger partial charge < -0.3 is 16.0 Å². The summed E-state index contributed by atoms with van der Waals surface area (Å²) in [7, 11) is 0. The number of amides is 2. The van der Waals surface area contributed by atoms with Crippen LogP contribution in [0.2, 0.25) is 5.02 Å². The number of carbonyl (C=O) groups is 1. The molecule has 0 aromatic heterocycles. The minimum absolute atomic E-state index is 0.213. The smallest absolute Gasteiger partial charge is 0.319 e. The molecule has 0 spiro atoms. The maximum absolute atomic E-state index is 11.9. The Hall–Kier alpha value is -2.04. The Morgan fingerprint density at radius 3 is 2.52 bits per heavy atom. The largest absolute Gasteiger partial charge is 0.334 e. The van der Waals surface area contributed by atoms with Gasteiger partial charge in [-0.1, -0.05) is 35.9 Å². The SMILES string of the molecule is O=C(NCc1ccc(Cl)cc1)Nc1ccc([C@@H]2CCNC2)cc1. The van der Waals surface area contributed by atoms with E-state index in [1.807, 2.05) is 36.4 Å². The van der Waals surface area contributed by atoms with E-state index in [2.05, 4.69) is 28.1 Å². The summed E-state index contributed by atoms with van der Waals surface area (Å²) in [6.45, 7) is 2.58. The maximum atomic E-state index is 11.9. The molecule has 120 valence electrons. The summed E-state index contributed by atoms with van der Waals surface area (Å²) in [6.07, 6.45) is 1.17. The third-order valence-electron chi connectivity index (χ3n) is 4.07. The molecule has 1 saturated heterocycles. The lowest BCUT2D eigenvalue weighted by Crippen LogP contribution is -2.28. The van der Waals surface area contributed by atoms with E-state index in [0.29, 0.717) is 17.5 Å². The number of halogens is 1. The Morgan fingerprint density at radius 2 is 1.87 bits per heavy atom. The predicted molar refractivity (Wildman–Crippen MR) is 94.0 cm³/mol. The molecule has 1 fully saturated rings. The van der Waals surface area contributed by atoms with Crippen LogP contribution in [0.3, 0.4) is 0 Å². The molecule has 0 radical (unpaired) electrons. The average molecular weight is 330 g/mol. The van der Waals surface area contributed by atoms with Gasteiger partial charge in [0.25, 0.3) is 0 Å². The Labute approximate surface area is 141 Å². The van der Waals surface area contributed by atoms with E-state index in [1.165, 1.54) is 12.0 Å². The van der Waals surface area contributed by atoms with Gasteiger partial charge in [-0.15, -0.1) is 0 Å². The first-order valence-electron chi connectivity index (χ1n) is 7.81. The standard InChI is InChI=1S/C18H20ClN3O/c19-16-5-1-13(2-6-16)11-21-18(23)22-17-7-3-14(4-8-17)15-9-10-20-12-15/h1-8,15,20H,9-12H2,(H2,21,22,23)/t15-/m1/s1. The summed E-state index contributed by atoms with van der Waals surface area (Å²) in [5.41, 5.74) is 3.13. The molecule has 23 heavy (non-hydrogen) atoms. The molecule has 0 saturated carbocycles. The van der Waals surface area contributed by atoms with Crippen LogP contribution in [0, 0.1) is 0 Å². The monoisotopic (exact) mass is 329 g/mol. The van der Waals surface area contributed by atoms with Crippen molar-refractivity contribution in [2.24, 2.45) is 0 Å². The van der Waals surface area contributed by atoms with Crippen molar-refractivity contribution in [1.29, 1.82) is 0 Å². The number of urea groups is 1. The van der Waals surface area contributed by atoms with Gasteiger partial charge in [-0.3, -0.25) is 0 Å². The van der Waals surface area contributed by atoms with Gasteiger partial charge in [0.1, 0.15) is 0 Å². The van der Waals surface area contributed by atoms with E-state index in [1.54, 1.807) is 0 Å². The zero-order chi connectivity index (χ0) is 16.1. The Bertz CT molecular complexity index is 649. The molecule has 0 unspecified atom stereocenters. The molecule has 0 aliphatic carbocycles. The lowest BCUT2D eigenvalue weighted by molar-refractivity contribution is 0.251. The summed E-state index contributed by atoms with van der Waals surface area (Å²) in [6, 6.07) is 15.3. The Balaban J connectivity index is 1.50. The Kier molecular flexibility index (Phi) is 5.16. The zero-order valence-electron chi connectivity index (χ0n) is 12.8. The fourth-order valence-electron chi connectivity index (χ4n) is 2.74. The predicted octanol–water partition coefficient (Wildman–Crippen LogP) is 3.74. The average Bonchev–Trinajstić information content (AvgIpc) is 3.09. The van der Waals surface area contributed by atoms with Crippen molar-refractivity contribution < 1.29 is 4.79 Å². The van der Waals surface area contributed by atoms with Gasteiger partial charge in [0.2, 0.25) is 0 Å². The zero-order valence-corrected chi connectivity index (χ0v) is 13.6. The molecule has 2 aromatic carbocycles. The lowest BCUT2D eigenvalue weighted by Gasteiger charge is -2.11. The second-order valence-corrected chi connectivity index (χ2v) is 6.18. The van der Waals surface area contributed by atoms with Crippen LogP contribution in [0.25, 0.3) is 0 Å². The topological polar surface area (TPSA) is 53.2 Å². The van der Waals surface area contributed by atoms with Crippen LogP contribution in [0.15, 0.2) is 48.5 Å². The molecule has 1 aliphatic heterocycles. The van der Waals surface area contributed by atoms with Crippen molar-refractivity contribution >= 4 is 23.3 Å². The molecule has 3 N–H and O–H groups in total. The van der Waals surface area contributed by atoms with E-state index >= 15 is 0 Å². The fraction of sp³-hybridized carbons (Fsp3) is 0.278. The van der Waals surface area contributed by atoms with Crippen LogP contribution >= 0.6 is 11.6 Å². The second-order valence-electron chi connectivity index (χ2n) is 5.75. The van der Waals surface area contributed by atoms with Crippen LogP contribution in [0.1, 0.15) is 23.5 Å². The van der Waals surface area contributed by atoms with E-state index < -0.39 is 0 Å². The number of carbonyl (C=O) groups excluding carboxylic acids is 1. The van der Waals surface area contributed by atoms with Crippen LogP contribution in [0.4, 0.5) is 10.5 Å². The number of nitrogens with one attached hydrogen (secondary N) is 3. The van der Waals surface area contributed by atoms with Crippen LogP contribution in [-0.2, 0) is 6.54 Å². The molecule has 2 amide bonds. The highest BCUT2D eigenvalue weighted by Crippen LogP contribution is 2.23. The van der Waals surface area contributed by atoms with Crippen molar-refractivity contribution in [2.75, 3.05) is 18.4 Å². The molecule has 0 bridgehead atoms. The first-order valence-corrected chi connectivity index (χ1v) is 8.18. The summed E-state index contributed by atoms with van der Waals surface area (Å²) in [5, 5.41) is 9.74. The van der Waals surface area contributed by atoms with Crippen molar-refractivity contribution in [3.8, 4) is 0 Å². The van der Waals surface area contributed by atoms with Crippen molar-refractivity contribution in [3.63, 3.8) is 0 Å². The van der Waals surface area contributed by atoms with Crippen LogP contribution in [0.5, 0.6) is 0 Å². The highest BCUT2D eigenvalue weighted by Gasteiger charge is 2.16. The molecular weight excluding hydrogens is 310 g/mol. The van der Waals surface area contributed by atoms with E-state index in [4.69, 9.17) is 11.6 Å². The van der Waals surface area contributed by atoms with E-state index in [9.17, 15) is 4.79 Å². The molecule has 1 atom stereocenters. The molecular formula is C18H20ClN3O.